The van der Waals surface area contributed by atoms with E-state index in [4.69, 9.17) is 23.2 Å². The van der Waals surface area contributed by atoms with Gasteiger partial charge in [-0.3, -0.25) is 9.36 Å². The van der Waals surface area contributed by atoms with Gasteiger partial charge in [0.1, 0.15) is 12.7 Å². The molecule has 2 aromatic rings. The number of nitrogens with zero attached hydrogens (tertiary/aromatic N) is 3. The lowest BCUT2D eigenvalue weighted by molar-refractivity contribution is 0.108. The van der Waals surface area contributed by atoms with Crippen LogP contribution in [0.1, 0.15) is 10.4 Å². The number of carbonyl (C=O) groups excluding carboxylic acids is 1. The summed E-state index contributed by atoms with van der Waals surface area (Å²) in [4.78, 5) is 10.9. The van der Waals surface area contributed by atoms with Crippen LogP contribution in [0.25, 0.3) is 5.69 Å². The number of rotatable bonds is 2. The van der Waals surface area contributed by atoms with E-state index in [9.17, 15) is 4.79 Å². The highest BCUT2D eigenvalue weighted by atomic mass is 35.5. The zero-order chi connectivity index (χ0) is 10.8. The highest BCUT2D eigenvalue weighted by Gasteiger charge is 2.07. The normalized spacial score (nSPS) is 10.3. The third kappa shape index (κ3) is 2.00. The Balaban J connectivity index is 2.48. The van der Waals surface area contributed by atoms with Gasteiger partial charge >= 0.3 is 0 Å². The molecule has 0 aliphatic heterocycles. The Morgan fingerprint density at radius 3 is 2.47 bits per heavy atom. The van der Waals surface area contributed by atoms with Gasteiger partial charge in [-0.05, 0) is 29.8 Å². The number of aromatic nitrogens is 3. The topological polar surface area (TPSA) is 47.8 Å². The van der Waals surface area contributed by atoms with Crippen LogP contribution >= 0.6 is 23.2 Å². The fourth-order valence-electron chi connectivity index (χ4n) is 1.16. The van der Waals surface area contributed by atoms with Crippen molar-refractivity contribution >= 4 is 28.4 Å². The quantitative estimate of drug-likeness (QED) is 0.759. The Labute approximate surface area is 95.4 Å². The van der Waals surface area contributed by atoms with Gasteiger partial charge in [0.25, 0.3) is 5.24 Å². The SMILES string of the molecule is O=C(Cl)c1ccc(-n2cnnc2)c(Cl)c1. The van der Waals surface area contributed by atoms with Crippen LogP contribution in [0.4, 0.5) is 0 Å². The van der Waals surface area contributed by atoms with Crippen LogP contribution in [-0.2, 0) is 0 Å². The van der Waals surface area contributed by atoms with Crippen LogP contribution in [0.15, 0.2) is 30.9 Å². The van der Waals surface area contributed by atoms with Crippen molar-refractivity contribution in [1.29, 1.82) is 0 Å². The van der Waals surface area contributed by atoms with Crippen molar-refractivity contribution in [1.82, 2.24) is 14.8 Å². The largest absolute Gasteiger partial charge is 0.287 e. The Morgan fingerprint density at radius 1 is 1.27 bits per heavy atom. The molecule has 4 nitrogen and oxygen atoms in total. The molecule has 0 spiro atoms. The summed E-state index contributed by atoms with van der Waals surface area (Å²) in [6.45, 7) is 0. The first kappa shape index (κ1) is 10.1. The van der Waals surface area contributed by atoms with Crippen LogP contribution in [-0.4, -0.2) is 20.0 Å². The van der Waals surface area contributed by atoms with Gasteiger partial charge in [0, 0.05) is 5.56 Å². The van der Waals surface area contributed by atoms with E-state index < -0.39 is 5.24 Å². The second-order valence-electron chi connectivity index (χ2n) is 2.81. The van der Waals surface area contributed by atoms with E-state index in [-0.39, 0.29) is 0 Å². The predicted octanol–water partition coefficient (Wildman–Crippen LogP) is 2.30. The zero-order valence-corrected chi connectivity index (χ0v) is 8.90. The molecule has 1 aromatic carbocycles. The first-order valence-corrected chi connectivity index (χ1v) is 4.78. The summed E-state index contributed by atoms with van der Waals surface area (Å²) in [5, 5.41) is 7.20. The van der Waals surface area contributed by atoms with Gasteiger partial charge in [0.2, 0.25) is 0 Å². The van der Waals surface area contributed by atoms with E-state index >= 15 is 0 Å². The lowest BCUT2D eigenvalue weighted by Gasteiger charge is -2.04. The van der Waals surface area contributed by atoms with Crippen molar-refractivity contribution in [2.24, 2.45) is 0 Å². The molecule has 0 bridgehead atoms. The number of benzene rings is 1. The molecular weight excluding hydrogens is 237 g/mol. The lowest BCUT2D eigenvalue weighted by atomic mass is 10.2. The number of hydrogen-bond donors (Lipinski definition) is 0. The maximum Gasteiger partial charge on any atom is 0.252 e. The Bertz CT molecular complexity index is 496. The van der Waals surface area contributed by atoms with Crippen LogP contribution in [0.2, 0.25) is 5.02 Å². The summed E-state index contributed by atoms with van der Waals surface area (Å²) in [6, 6.07) is 4.78. The van der Waals surface area contributed by atoms with Gasteiger partial charge in [-0.1, -0.05) is 11.6 Å². The summed E-state index contributed by atoms with van der Waals surface area (Å²) < 4.78 is 1.64. The van der Waals surface area contributed by atoms with Crippen LogP contribution in [0.3, 0.4) is 0 Å². The molecule has 0 radical (unpaired) electrons. The number of halogens is 2. The standard InChI is InChI=1S/C9H5Cl2N3O/c10-7-3-6(9(11)15)1-2-8(7)14-4-12-13-5-14/h1-5H. The first-order valence-electron chi connectivity index (χ1n) is 4.03. The molecule has 6 heteroatoms. The molecule has 0 fully saturated rings. The molecule has 0 unspecified atom stereocenters. The zero-order valence-electron chi connectivity index (χ0n) is 7.39. The Morgan fingerprint density at radius 2 is 1.93 bits per heavy atom. The van der Waals surface area contributed by atoms with E-state index in [0.717, 1.165) is 0 Å². The molecule has 0 aliphatic carbocycles. The Hall–Kier alpha value is -1.39. The van der Waals surface area contributed by atoms with Crippen molar-refractivity contribution < 1.29 is 4.79 Å². The monoisotopic (exact) mass is 241 g/mol. The average Bonchev–Trinajstić information content (AvgIpc) is 2.70. The summed E-state index contributed by atoms with van der Waals surface area (Å²) in [7, 11) is 0. The summed E-state index contributed by atoms with van der Waals surface area (Å²) in [5.41, 5.74) is 1.06. The van der Waals surface area contributed by atoms with E-state index in [1.54, 1.807) is 16.7 Å². The minimum absolute atomic E-state index is 0.360. The van der Waals surface area contributed by atoms with Crippen LogP contribution in [0, 0.1) is 0 Å². The maximum atomic E-state index is 10.9. The van der Waals surface area contributed by atoms with Crippen molar-refractivity contribution in [3.63, 3.8) is 0 Å². The lowest BCUT2D eigenvalue weighted by Crippen LogP contribution is -1.94. The average molecular weight is 242 g/mol. The Kier molecular flexibility index (Phi) is 2.70. The number of hydrogen-bond acceptors (Lipinski definition) is 3. The minimum atomic E-state index is -0.535. The molecule has 15 heavy (non-hydrogen) atoms. The van der Waals surface area contributed by atoms with Gasteiger partial charge in [-0.15, -0.1) is 10.2 Å². The third-order valence-corrected chi connectivity index (χ3v) is 2.39. The smallest absolute Gasteiger partial charge is 0.252 e. The molecule has 1 heterocycles. The second-order valence-corrected chi connectivity index (χ2v) is 3.56. The van der Waals surface area contributed by atoms with E-state index in [2.05, 4.69) is 10.2 Å². The van der Waals surface area contributed by atoms with Crippen molar-refractivity contribution in [3.05, 3.63) is 41.4 Å². The van der Waals surface area contributed by atoms with Gasteiger partial charge in [0.05, 0.1) is 10.7 Å². The fourth-order valence-corrected chi connectivity index (χ4v) is 1.56. The minimum Gasteiger partial charge on any atom is -0.287 e. The summed E-state index contributed by atoms with van der Waals surface area (Å²) in [6.07, 6.45) is 3.03. The predicted molar refractivity (Wildman–Crippen MR) is 56.6 cm³/mol. The van der Waals surface area contributed by atoms with E-state index in [1.807, 2.05) is 0 Å². The molecule has 0 aliphatic rings. The molecule has 76 valence electrons. The summed E-state index contributed by atoms with van der Waals surface area (Å²) >= 11 is 11.3. The van der Waals surface area contributed by atoms with Crippen molar-refractivity contribution in [2.45, 2.75) is 0 Å². The van der Waals surface area contributed by atoms with Crippen molar-refractivity contribution in [2.75, 3.05) is 0 Å². The highest BCUT2D eigenvalue weighted by Crippen LogP contribution is 2.22. The van der Waals surface area contributed by atoms with Gasteiger partial charge in [-0.2, -0.15) is 0 Å². The third-order valence-electron chi connectivity index (χ3n) is 1.87. The van der Waals surface area contributed by atoms with E-state index in [1.165, 1.54) is 18.7 Å². The molecule has 2 rings (SSSR count). The fraction of sp³-hybridized carbons (Fsp3) is 0. The molecule has 0 saturated heterocycles. The van der Waals surface area contributed by atoms with Gasteiger partial charge < -0.3 is 0 Å². The molecular formula is C9H5Cl2N3O. The van der Waals surface area contributed by atoms with Gasteiger partial charge in [0.15, 0.2) is 0 Å². The highest BCUT2D eigenvalue weighted by molar-refractivity contribution is 6.67. The molecule has 0 saturated carbocycles. The van der Waals surface area contributed by atoms with Crippen LogP contribution in [0.5, 0.6) is 0 Å². The van der Waals surface area contributed by atoms with E-state index in [0.29, 0.717) is 16.3 Å². The van der Waals surface area contributed by atoms with Crippen molar-refractivity contribution in [3.8, 4) is 5.69 Å². The molecule has 0 amide bonds. The first-order chi connectivity index (χ1) is 7.18. The van der Waals surface area contributed by atoms with Crippen LogP contribution < -0.4 is 0 Å². The van der Waals surface area contributed by atoms with Gasteiger partial charge in [-0.25, -0.2) is 0 Å². The molecule has 1 aromatic heterocycles. The second kappa shape index (κ2) is 4.00. The number of carbonyl (C=O) groups is 1. The maximum absolute atomic E-state index is 10.9. The summed E-state index contributed by atoms with van der Waals surface area (Å²) in [5.74, 6) is 0. The molecule has 0 atom stereocenters. The molecule has 0 N–H and O–H groups in total.